The number of likely N-dealkylation sites (N-methyl/N-ethyl adjacent to an activating group) is 1. The summed E-state index contributed by atoms with van der Waals surface area (Å²) in [5, 5.41) is 13.2. The Balaban J connectivity index is 0.00000180. The van der Waals surface area contributed by atoms with Gasteiger partial charge in [-0.1, -0.05) is 37.3 Å². The number of carbonyl (C=O) groups excluding carboxylic acids is 4. The molecule has 8 rings (SSSR count). The molecule has 5 aliphatic rings. The number of amidine groups is 1. The molecule has 3 amide bonds. The molecule has 67 heavy (non-hydrogen) atoms. The lowest BCUT2D eigenvalue weighted by atomic mass is 9.71. The maximum Gasteiger partial charge on any atom is 0.249 e. The van der Waals surface area contributed by atoms with Crippen LogP contribution in [0.25, 0.3) is 0 Å². The van der Waals surface area contributed by atoms with Crippen LogP contribution in [0.15, 0.2) is 95.1 Å². The van der Waals surface area contributed by atoms with Crippen molar-refractivity contribution in [2.45, 2.75) is 83.3 Å². The number of benzene rings is 2. The van der Waals surface area contributed by atoms with E-state index in [1.807, 2.05) is 59.5 Å². The Labute approximate surface area is 395 Å². The summed E-state index contributed by atoms with van der Waals surface area (Å²) in [6.45, 7) is 18.2. The van der Waals surface area contributed by atoms with Crippen LogP contribution < -0.4 is 25.9 Å². The van der Waals surface area contributed by atoms with Crippen molar-refractivity contribution in [3.63, 3.8) is 0 Å². The van der Waals surface area contributed by atoms with Crippen LogP contribution in [0.5, 0.6) is 0 Å². The lowest BCUT2D eigenvalue weighted by Gasteiger charge is -2.63. The first-order valence-corrected chi connectivity index (χ1v) is 23.4. The molecule has 358 valence electrons. The van der Waals surface area contributed by atoms with Gasteiger partial charge in [-0.25, -0.2) is 20.0 Å². The number of imide groups is 1. The number of para-hydroxylation sites is 1. The average molecular weight is 916 g/mol. The number of anilines is 3. The molecule has 1 spiro atoms. The van der Waals surface area contributed by atoms with Crippen molar-refractivity contribution in [1.82, 2.24) is 25.1 Å². The molecule has 0 radical (unpaired) electrons. The van der Waals surface area contributed by atoms with E-state index in [2.05, 4.69) is 75.2 Å². The Morgan fingerprint density at radius 2 is 1.67 bits per heavy atom. The van der Waals surface area contributed by atoms with Crippen molar-refractivity contribution in [3.05, 3.63) is 102 Å². The first-order valence-electron chi connectivity index (χ1n) is 23.4. The van der Waals surface area contributed by atoms with E-state index in [1.54, 1.807) is 4.90 Å². The number of aldehydes is 1. The average Bonchev–Trinajstić information content (AvgIpc) is 3.74. The Morgan fingerprint density at radius 1 is 0.970 bits per heavy atom. The summed E-state index contributed by atoms with van der Waals surface area (Å²) in [5.74, 6) is 0.631. The molecular weight excluding hydrogens is 847 g/mol. The van der Waals surface area contributed by atoms with Gasteiger partial charge in [0.2, 0.25) is 17.7 Å². The van der Waals surface area contributed by atoms with Crippen LogP contribution in [0, 0.1) is 5.41 Å². The molecule has 1 aromatic heterocycles. The molecule has 4 aliphatic heterocycles. The zero-order valence-electron chi connectivity index (χ0n) is 39.9. The predicted molar refractivity (Wildman–Crippen MR) is 267 cm³/mol. The number of hydrogen-bond acceptors (Lipinski definition) is 13. The number of pyridine rings is 1. The Kier molecular flexibility index (Phi) is 17.4. The lowest BCUT2D eigenvalue weighted by Crippen LogP contribution is -2.74. The number of aromatic nitrogens is 1. The summed E-state index contributed by atoms with van der Waals surface area (Å²) in [6, 6.07) is 20.4. The number of aliphatic imine (C=N–C) groups is 2. The predicted octanol–water partition coefficient (Wildman–Crippen LogP) is 5.00. The fraction of sp³-hybridized carbons (Fsp3) is 0.471. The summed E-state index contributed by atoms with van der Waals surface area (Å²) >= 11 is 0. The molecule has 0 saturated carbocycles. The Hall–Kier alpha value is -6.07. The number of nitrogens with two attached hydrogens (primary N) is 1. The van der Waals surface area contributed by atoms with E-state index in [4.69, 9.17) is 15.1 Å². The van der Waals surface area contributed by atoms with Crippen molar-refractivity contribution in [2.24, 2.45) is 21.1 Å². The number of aliphatic hydroxyl groups is 1. The van der Waals surface area contributed by atoms with Gasteiger partial charge in [-0.2, -0.15) is 0 Å². The number of hydrazine groups is 1. The van der Waals surface area contributed by atoms with Crippen LogP contribution in [-0.2, 0) is 32.1 Å². The van der Waals surface area contributed by atoms with Crippen molar-refractivity contribution in [1.29, 1.82) is 0 Å². The summed E-state index contributed by atoms with van der Waals surface area (Å²) in [6.07, 6.45) is 9.86. The molecule has 4 fully saturated rings. The van der Waals surface area contributed by atoms with Crippen LogP contribution >= 0.6 is 0 Å². The van der Waals surface area contributed by atoms with Crippen LogP contribution in [0.3, 0.4) is 0 Å². The van der Waals surface area contributed by atoms with E-state index < -0.39 is 11.9 Å². The maximum atomic E-state index is 12.7. The van der Waals surface area contributed by atoms with Gasteiger partial charge in [-0.05, 0) is 99.8 Å². The number of likely N-dealkylation sites (tertiary alicyclic amines) is 1. The number of fused-ring (bicyclic) bond motifs is 1. The second kappa shape index (κ2) is 23.1. The van der Waals surface area contributed by atoms with Crippen LogP contribution in [0.2, 0.25) is 0 Å². The van der Waals surface area contributed by atoms with Crippen LogP contribution in [0.1, 0.15) is 75.1 Å². The molecule has 2 unspecified atom stereocenters. The third kappa shape index (κ3) is 11.2. The molecule has 4 saturated heterocycles. The second-order valence-electron chi connectivity index (χ2n) is 17.9. The first-order chi connectivity index (χ1) is 32.5. The van der Waals surface area contributed by atoms with Crippen molar-refractivity contribution in [2.75, 3.05) is 81.8 Å². The SMILES string of the molecule is C=CCN(C)N(C(=Nc1ccc(N2CC3(C2)CN(C2CCN(c4ccccc4CN(C(C)=O)C4CCC(=O)NC4=O)CC2)C3)cc1)/C(C=O)=C\N=C)c1ccc2c(n1)C(CC)CC2.CN.CO. The number of aryl methyl sites for hydroxylation is 1. The van der Waals surface area contributed by atoms with E-state index in [-0.39, 0.29) is 23.8 Å². The number of carbonyl (C=O) groups is 4. The third-order valence-electron chi connectivity index (χ3n) is 13.6. The minimum Gasteiger partial charge on any atom is -0.400 e. The van der Waals surface area contributed by atoms with Crippen molar-refractivity contribution >= 4 is 59.4 Å². The highest BCUT2D eigenvalue weighted by molar-refractivity contribution is 6.20. The van der Waals surface area contributed by atoms with Gasteiger partial charge in [0, 0.05) is 121 Å². The number of nitrogens with one attached hydrogen (secondary N) is 1. The maximum absolute atomic E-state index is 12.7. The monoisotopic (exact) mass is 916 g/mol. The zero-order chi connectivity index (χ0) is 48.3. The lowest BCUT2D eigenvalue weighted by molar-refractivity contribution is -0.145. The standard InChI is InChI=1S/C49H60N10O4.CH5N.CH4O/c1-6-24-54(5)59(44-20-14-36-13-12-35(7-2)46(36)52-44)47(38(29-60)27-50-4)51-39-15-17-40(18-16-39)56-30-49(31-56)32-57(33-49)41-22-25-55(26-23-41)42-11-9-8-10-37(42)28-58(34(3)61)43-19-21-45(62)53-48(43)63;2*1-2/h6,8-11,14-18,20,27,29,35,41,43H,1,4,7,12-13,19,21-26,28,30-33H2,2-3,5H3,(H,53,62,63);2H2,1H3;2H,1H3/b38-27-,51-47?;;. The van der Waals surface area contributed by atoms with Crippen LogP contribution in [0.4, 0.5) is 22.9 Å². The van der Waals surface area contributed by atoms with Crippen LogP contribution in [-0.4, -0.2) is 141 Å². The summed E-state index contributed by atoms with van der Waals surface area (Å²) in [4.78, 5) is 73.0. The fourth-order valence-electron chi connectivity index (χ4n) is 10.3. The number of rotatable bonds is 15. The van der Waals surface area contributed by atoms with Gasteiger partial charge >= 0.3 is 0 Å². The zero-order valence-corrected chi connectivity index (χ0v) is 39.9. The molecule has 4 N–H and O–H groups in total. The number of hydrogen-bond donors (Lipinski definition) is 3. The van der Waals surface area contributed by atoms with E-state index in [9.17, 15) is 19.2 Å². The van der Waals surface area contributed by atoms with E-state index >= 15 is 0 Å². The first kappa shape index (κ1) is 50.3. The minimum atomic E-state index is -0.647. The topological polar surface area (TPSA) is 184 Å². The smallest absolute Gasteiger partial charge is 0.249 e. The van der Waals surface area contributed by atoms with E-state index in [0.717, 1.165) is 107 Å². The van der Waals surface area contributed by atoms with Gasteiger partial charge in [-0.15, -0.1) is 6.58 Å². The highest BCUT2D eigenvalue weighted by Gasteiger charge is 2.53. The van der Waals surface area contributed by atoms with Gasteiger partial charge in [-0.3, -0.25) is 34.4 Å². The molecular formula is C51H69N11O5. The van der Waals surface area contributed by atoms with E-state index in [0.29, 0.717) is 54.2 Å². The van der Waals surface area contributed by atoms with Gasteiger partial charge in [0.05, 0.1) is 11.3 Å². The second-order valence-corrected chi connectivity index (χ2v) is 17.9. The quantitative estimate of drug-likeness (QED) is 0.0354. The van der Waals surface area contributed by atoms with Gasteiger partial charge in [0.15, 0.2) is 12.1 Å². The van der Waals surface area contributed by atoms with Gasteiger partial charge < -0.3 is 25.5 Å². The van der Waals surface area contributed by atoms with Crippen molar-refractivity contribution < 1.29 is 24.3 Å². The Bertz CT molecular complexity index is 2290. The van der Waals surface area contributed by atoms with Gasteiger partial charge in [0.25, 0.3) is 0 Å². The molecule has 0 bridgehead atoms. The molecule has 16 heteroatoms. The molecule has 2 atom stereocenters. The molecule has 1 aliphatic carbocycles. The highest BCUT2D eigenvalue weighted by Crippen LogP contribution is 2.44. The molecule has 16 nitrogen and oxygen atoms in total. The highest BCUT2D eigenvalue weighted by atomic mass is 16.2. The largest absolute Gasteiger partial charge is 0.400 e. The normalized spacial score (nSPS) is 20.3. The molecule has 2 aromatic carbocycles. The van der Waals surface area contributed by atoms with Gasteiger partial charge in [0.1, 0.15) is 11.9 Å². The Morgan fingerprint density at radius 3 is 2.30 bits per heavy atom. The van der Waals surface area contributed by atoms with Crippen molar-refractivity contribution in [3.8, 4) is 0 Å². The number of amides is 3. The third-order valence-corrected chi connectivity index (χ3v) is 13.6. The number of aliphatic hydroxyl groups excluding tert-OH is 1. The molecule has 5 heterocycles. The number of piperidine rings is 2. The summed E-state index contributed by atoms with van der Waals surface area (Å²) in [7, 11) is 4.43. The molecule has 3 aromatic rings. The number of nitrogens with zero attached hydrogens (tertiary/aromatic N) is 9. The summed E-state index contributed by atoms with van der Waals surface area (Å²) in [5.41, 5.74) is 11.5. The van der Waals surface area contributed by atoms with E-state index in [1.165, 1.54) is 25.7 Å². The summed E-state index contributed by atoms with van der Waals surface area (Å²) < 4.78 is 0. The fourth-order valence-corrected chi connectivity index (χ4v) is 10.3. The minimum absolute atomic E-state index is 0.178.